The number of ether oxygens (including phenoxy) is 1. The van der Waals surface area contributed by atoms with E-state index >= 15 is 0 Å². The van der Waals surface area contributed by atoms with E-state index in [0.29, 0.717) is 24.7 Å². The van der Waals surface area contributed by atoms with Crippen LogP contribution in [0.4, 0.5) is 0 Å². The molecule has 0 radical (unpaired) electrons. The molecule has 1 aliphatic carbocycles. The van der Waals surface area contributed by atoms with E-state index in [0.717, 1.165) is 12.8 Å². The van der Waals surface area contributed by atoms with Gasteiger partial charge >= 0.3 is 0 Å². The van der Waals surface area contributed by atoms with Gasteiger partial charge in [0.15, 0.2) is 0 Å². The number of carbonyl (C=O) groups is 1. The van der Waals surface area contributed by atoms with Crippen LogP contribution in [0.5, 0.6) is 0 Å². The fraction of sp³-hybridized carbons (Fsp3) is 0.955. The van der Waals surface area contributed by atoms with Crippen LogP contribution < -0.4 is 0 Å². The van der Waals surface area contributed by atoms with Crippen molar-refractivity contribution in [3.8, 4) is 0 Å². The number of rotatable bonds is 1. The molecule has 1 saturated carbocycles. The lowest BCUT2D eigenvalue weighted by molar-refractivity contribution is -0.295. The molecule has 2 heterocycles. The fourth-order valence-corrected chi connectivity index (χ4v) is 6.11. The summed E-state index contributed by atoms with van der Waals surface area (Å²) in [4.78, 5) is 13.5. The number of Topliss-reactive ketones (excluding diaryl/α,β-unsaturated/α-hetero) is 1. The maximum absolute atomic E-state index is 13.5. The smallest absolute Gasteiger partial charge is 0.139 e. The van der Waals surface area contributed by atoms with Crippen molar-refractivity contribution in [1.82, 2.24) is 0 Å². The van der Waals surface area contributed by atoms with Crippen LogP contribution in [0.3, 0.4) is 0 Å². The Balaban J connectivity index is 2.17. The van der Waals surface area contributed by atoms with E-state index in [4.69, 9.17) is 4.74 Å². The zero-order valence-corrected chi connectivity index (χ0v) is 17.6. The van der Waals surface area contributed by atoms with Crippen molar-refractivity contribution in [3.05, 3.63) is 0 Å². The molecule has 0 aromatic rings. The topological polar surface area (TPSA) is 66.8 Å². The molecule has 3 aliphatic rings. The highest BCUT2D eigenvalue weighted by Gasteiger charge is 2.63. The van der Waals surface area contributed by atoms with Crippen molar-refractivity contribution in [3.63, 3.8) is 0 Å². The first-order valence-electron chi connectivity index (χ1n) is 10.4. The molecule has 7 atom stereocenters. The summed E-state index contributed by atoms with van der Waals surface area (Å²) in [5.74, 6) is 0.733. The number of aliphatic hydroxyl groups is 2. The molecule has 2 bridgehead atoms. The molecule has 2 aliphatic heterocycles. The highest BCUT2D eigenvalue weighted by atomic mass is 16.5. The summed E-state index contributed by atoms with van der Waals surface area (Å²) in [5.41, 5.74) is -3.14. The summed E-state index contributed by atoms with van der Waals surface area (Å²) < 4.78 is 6.58. The Labute approximate surface area is 158 Å². The minimum atomic E-state index is -1.22. The Morgan fingerprint density at radius 2 is 1.65 bits per heavy atom. The molecule has 0 aromatic carbocycles. The number of hydrogen-bond donors (Lipinski definition) is 2. The molecule has 0 aromatic heterocycles. The lowest BCUT2D eigenvalue weighted by Crippen LogP contribution is -2.68. The predicted molar refractivity (Wildman–Crippen MR) is 102 cm³/mol. The number of ketones is 1. The second-order valence-electron chi connectivity index (χ2n) is 11.0. The molecule has 0 spiro atoms. The Bertz CT molecular complexity index is 577. The van der Waals surface area contributed by atoms with Gasteiger partial charge in [-0.15, -0.1) is 0 Å². The van der Waals surface area contributed by atoms with Crippen LogP contribution >= 0.6 is 0 Å². The molecule has 4 nitrogen and oxygen atoms in total. The highest BCUT2D eigenvalue weighted by Crippen LogP contribution is 2.57. The molecule has 3 rings (SSSR count). The minimum Gasteiger partial charge on any atom is -0.387 e. The first-order valence-corrected chi connectivity index (χ1v) is 10.4. The third-order valence-electron chi connectivity index (χ3n) is 8.16. The second-order valence-corrected chi connectivity index (χ2v) is 11.0. The van der Waals surface area contributed by atoms with Crippen LogP contribution in [0.15, 0.2) is 0 Å². The molecule has 4 heteroatoms. The van der Waals surface area contributed by atoms with Crippen LogP contribution in [0, 0.1) is 29.1 Å². The summed E-state index contributed by atoms with van der Waals surface area (Å²) in [6, 6.07) is 0. The third-order valence-corrected chi connectivity index (χ3v) is 8.16. The van der Waals surface area contributed by atoms with Crippen molar-refractivity contribution < 1.29 is 19.7 Å². The van der Waals surface area contributed by atoms with Gasteiger partial charge in [-0.1, -0.05) is 27.7 Å². The average Bonchev–Trinajstić information content (AvgIpc) is 2.46. The maximum Gasteiger partial charge on any atom is 0.139 e. The van der Waals surface area contributed by atoms with Crippen LogP contribution in [0.25, 0.3) is 0 Å². The summed E-state index contributed by atoms with van der Waals surface area (Å²) >= 11 is 0. The van der Waals surface area contributed by atoms with Crippen LogP contribution in [-0.2, 0) is 9.53 Å². The van der Waals surface area contributed by atoms with E-state index in [-0.39, 0.29) is 29.5 Å². The van der Waals surface area contributed by atoms with E-state index in [1.165, 1.54) is 0 Å². The van der Waals surface area contributed by atoms with Crippen molar-refractivity contribution >= 4 is 5.78 Å². The highest BCUT2D eigenvalue weighted by molar-refractivity contribution is 5.83. The van der Waals surface area contributed by atoms with E-state index < -0.39 is 22.9 Å². The third kappa shape index (κ3) is 2.97. The van der Waals surface area contributed by atoms with Crippen molar-refractivity contribution in [1.29, 1.82) is 0 Å². The van der Waals surface area contributed by atoms with Crippen LogP contribution in [-0.4, -0.2) is 38.9 Å². The maximum atomic E-state index is 13.5. The van der Waals surface area contributed by atoms with Crippen LogP contribution in [0.1, 0.15) is 80.6 Å². The second kappa shape index (κ2) is 6.02. The average molecular weight is 367 g/mol. The quantitative estimate of drug-likeness (QED) is 0.742. The molecule has 150 valence electrons. The normalized spacial score (nSPS) is 51.5. The van der Waals surface area contributed by atoms with Crippen molar-refractivity contribution in [2.24, 2.45) is 29.1 Å². The Morgan fingerprint density at radius 3 is 2.23 bits per heavy atom. The van der Waals surface area contributed by atoms with Gasteiger partial charge in [0.2, 0.25) is 0 Å². The van der Waals surface area contributed by atoms with E-state index in [9.17, 15) is 15.0 Å². The van der Waals surface area contributed by atoms with Gasteiger partial charge in [0.05, 0.1) is 22.9 Å². The van der Waals surface area contributed by atoms with Crippen molar-refractivity contribution in [2.45, 2.75) is 103 Å². The number of carbonyl (C=O) groups excluding carboxylic acids is 1. The standard InChI is InChI=1S/C22H38O4/c1-13(2)14-8-9-19(3,4)17-15(23)12-21(6,25)22(7)11-10-20(5,24)18(26-22)16(14)17/h13-14,16-18,24-25H,8-12H2,1-7H3/t14-,16-,17-,18-,20-,21-,22-/m1/s1. The fourth-order valence-electron chi connectivity index (χ4n) is 6.11. The largest absolute Gasteiger partial charge is 0.387 e. The van der Waals surface area contributed by atoms with E-state index in [1.54, 1.807) is 6.92 Å². The van der Waals surface area contributed by atoms with Gasteiger partial charge in [0, 0.05) is 18.3 Å². The minimum absolute atomic E-state index is 0.00280. The molecule has 0 unspecified atom stereocenters. The van der Waals surface area contributed by atoms with Crippen LogP contribution in [0.2, 0.25) is 0 Å². The zero-order valence-electron chi connectivity index (χ0n) is 17.6. The van der Waals surface area contributed by atoms with Gasteiger partial charge in [0.1, 0.15) is 5.78 Å². The van der Waals surface area contributed by atoms with Gasteiger partial charge in [-0.05, 0) is 63.7 Å². The van der Waals surface area contributed by atoms with E-state index in [1.807, 2.05) is 13.8 Å². The number of fused-ring (bicyclic) bond motifs is 4. The Hall–Kier alpha value is -0.450. The molecule has 0 amide bonds. The van der Waals surface area contributed by atoms with Gasteiger partial charge < -0.3 is 14.9 Å². The Morgan fingerprint density at radius 1 is 1.04 bits per heavy atom. The first kappa shape index (κ1) is 20.3. The van der Waals surface area contributed by atoms with Gasteiger partial charge in [0.25, 0.3) is 0 Å². The summed E-state index contributed by atoms with van der Waals surface area (Å²) in [7, 11) is 0. The molecule has 26 heavy (non-hydrogen) atoms. The van der Waals surface area contributed by atoms with E-state index in [2.05, 4.69) is 27.7 Å². The Kier molecular flexibility index (Phi) is 4.70. The molecular formula is C22H38O4. The monoisotopic (exact) mass is 366 g/mol. The lowest BCUT2D eigenvalue weighted by atomic mass is 9.51. The van der Waals surface area contributed by atoms with Gasteiger partial charge in [-0.3, -0.25) is 4.79 Å². The predicted octanol–water partition coefficient (Wildman–Crippen LogP) is 3.72. The molecule has 3 fully saturated rings. The number of hydrogen-bond acceptors (Lipinski definition) is 4. The molecule has 2 N–H and O–H groups in total. The summed E-state index contributed by atoms with van der Waals surface area (Å²) in [5, 5.41) is 22.5. The zero-order chi connectivity index (χ0) is 19.7. The molecule has 2 saturated heterocycles. The summed E-state index contributed by atoms with van der Waals surface area (Å²) in [6.45, 7) is 14.3. The van der Waals surface area contributed by atoms with Gasteiger partial charge in [-0.2, -0.15) is 0 Å². The lowest BCUT2D eigenvalue weighted by Gasteiger charge is -2.61. The SMILES string of the molecule is CC(C)[C@H]1CCC(C)(C)[C@@H]2C(=O)C[C@@](C)(O)[C@@]3(C)CC[C@@](C)(O)[C@H](O3)[C@H]12. The first-order chi connectivity index (χ1) is 11.7. The summed E-state index contributed by atoms with van der Waals surface area (Å²) in [6.07, 6.45) is 2.91. The van der Waals surface area contributed by atoms with Crippen molar-refractivity contribution in [2.75, 3.05) is 0 Å². The van der Waals surface area contributed by atoms with Gasteiger partial charge in [-0.25, -0.2) is 0 Å². The molecular weight excluding hydrogens is 328 g/mol.